The van der Waals surface area contributed by atoms with Gasteiger partial charge in [-0.1, -0.05) is 30.3 Å². The lowest BCUT2D eigenvalue weighted by molar-refractivity contribution is -0.137. The number of H-pyrrole nitrogens is 1. The maximum atomic E-state index is 14.2. The van der Waals surface area contributed by atoms with Crippen molar-refractivity contribution in [3.05, 3.63) is 101 Å². The highest BCUT2D eigenvalue weighted by Crippen LogP contribution is 2.43. The number of aromatic amines is 1. The molecule has 0 aliphatic heterocycles. The summed E-state index contributed by atoms with van der Waals surface area (Å²) in [5.74, 6) is 1.65. The molecule has 6 aromatic rings. The summed E-state index contributed by atoms with van der Waals surface area (Å²) >= 11 is 0. The largest absolute Gasteiger partial charge is 0.493 e. The molecule has 2 N–H and O–H groups in total. The highest BCUT2D eigenvalue weighted by atomic mass is 19.4. The first kappa shape index (κ1) is 36.4. The van der Waals surface area contributed by atoms with Gasteiger partial charge < -0.3 is 38.7 Å². The Morgan fingerprint density at radius 2 is 1.30 bits per heavy atom. The smallest absolute Gasteiger partial charge is 0.416 e. The quantitative estimate of drug-likeness (QED) is 0.0957. The van der Waals surface area contributed by atoms with E-state index in [9.17, 15) is 18.0 Å². The van der Waals surface area contributed by atoms with Crippen LogP contribution in [0.15, 0.2) is 78.9 Å². The van der Waals surface area contributed by atoms with Crippen molar-refractivity contribution >= 4 is 39.4 Å². The number of rotatable bonds is 12. The first-order chi connectivity index (χ1) is 25.5. The van der Waals surface area contributed by atoms with E-state index in [-0.39, 0.29) is 23.6 Å². The van der Waals surface area contributed by atoms with Crippen molar-refractivity contribution < 1.29 is 46.4 Å². The second-order valence-corrected chi connectivity index (χ2v) is 11.7. The Bertz CT molecular complexity index is 2280. The van der Waals surface area contributed by atoms with Crippen LogP contribution in [0, 0.1) is 0 Å². The molecule has 2 heterocycles. The number of halogens is 3. The summed E-state index contributed by atoms with van der Waals surface area (Å²) in [7, 11) is 8.92. The molecule has 0 spiro atoms. The van der Waals surface area contributed by atoms with E-state index in [0.29, 0.717) is 51.1 Å². The predicted octanol–water partition coefficient (Wildman–Crippen LogP) is 8.31. The molecule has 0 aliphatic carbocycles. The van der Waals surface area contributed by atoms with Gasteiger partial charge in [0, 0.05) is 27.4 Å². The molecule has 0 saturated heterocycles. The van der Waals surface area contributed by atoms with Gasteiger partial charge in [0.1, 0.15) is 0 Å². The molecule has 10 nitrogen and oxygen atoms in total. The number of aromatic nitrogens is 2. The lowest BCUT2D eigenvalue weighted by Crippen LogP contribution is -2.24. The summed E-state index contributed by atoms with van der Waals surface area (Å²) in [6, 6.07) is 21.0. The van der Waals surface area contributed by atoms with Gasteiger partial charge in [0.15, 0.2) is 23.0 Å². The molecule has 274 valence electrons. The number of amides is 1. The van der Waals surface area contributed by atoms with E-state index in [1.165, 1.54) is 60.9 Å². The van der Waals surface area contributed by atoms with Crippen LogP contribution in [0.3, 0.4) is 0 Å². The van der Waals surface area contributed by atoms with E-state index < -0.39 is 17.6 Å². The minimum atomic E-state index is -4.51. The normalized spacial score (nSPS) is 11.8. The van der Waals surface area contributed by atoms with E-state index in [0.717, 1.165) is 33.9 Å². The molecule has 0 aliphatic rings. The maximum absolute atomic E-state index is 14.2. The number of ether oxygens (including phenoxy) is 6. The summed E-state index contributed by atoms with van der Waals surface area (Å²) < 4.78 is 73.3. The fraction of sp³-hybridized carbons (Fsp3) is 0.200. The molecule has 0 atom stereocenters. The van der Waals surface area contributed by atoms with Crippen molar-refractivity contribution in [2.75, 3.05) is 42.7 Å². The third kappa shape index (κ3) is 7.23. The Morgan fingerprint density at radius 3 is 1.85 bits per heavy atom. The Balaban J connectivity index is 1.45. The second-order valence-electron chi connectivity index (χ2n) is 11.7. The van der Waals surface area contributed by atoms with Crippen LogP contribution in [0.2, 0.25) is 0 Å². The van der Waals surface area contributed by atoms with Crippen LogP contribution in [-0.4, -0.2) is 58.5 Å². The minimum absolute atomic E-state index is 0.0134. The van der Waals surface area contributed by atoms with Gasteiger partial charge in [-0.2, -0.15) is 13.2 Å². The van der Waals surface area contributed by atoms with Crippen LogP contribution in [0.1, 0.15) is 22.4 Å². The molecule has 4 aromatic carbocycles. The molecule has 6 rings (SSSR count). The predicted molar refractivity (Wildman–Crippen MR) is 196 cm³/mol. The monoisotopic (exact) mass is 727 g/mol. The van der Waals surface area contributed by atoms with Gasteiger partial charge in [0.2, 0.25) is 11.5 Å². The van der Waals surface area contributed by atoms with Gasteiger partial charge >= 0.3 is 6.18 Å². The van der Waals surface area contributed by atoms with Gasteiger partial charge in [0.25, 0.3) is 5.91 Å². The SMILES string of the molecule is COc1cc(/C(=C\c2ccc(C(F)(F)F)cc2)C(=O)NCc2cc3c([nH]c4ccccc43)c(-c3cc(OC)c(OC)c(OC)c3)n2)cc(OC)c1OC. The van der Waals surface area contributed by atoms with Gasteiger partial charge in [-0.15, -0.1) is 0 Å². The third-order valence-electron chi connectivity index (χ3n) is 8.69. The van der Waals surface area contributed by atoms with Crippen LogP contribution < -0.4 is 33.7 Å². The lowest BCUT2D eigenvalue weighted by atomic mass is 10.00. The van der Waals surface area contributed by atoms with E-state index in [1.807, 2.05) is 30.3 Å². The Hall–Kier alpha value is -6.37. The zero-order valence-electron chi connectivity index (χ0n) is 29.7. The van der Waals surface area contributed by atoms with Crippen molar-refractivity contribution in [3.8, 4) is 45.8 Å². The average Bonchev–Trinajstić information content (AvgIpc) is 3.55. The van der Waals surface area contributed by atoms with Crippen LogP contribution in [0.25, 0.3) is 44.7 Å². The van der Waals surface area contributed by atoms with Gasteiger partial charge in [-0.25, -0.2) is 4.98 Å². The lowest BCUT2D eigenvalue weighted by Gasteiger charge is -2.17. The highest BCUT2D eigenvalue weighted by Gasteiger charge is 2.30. The fourth-order valence-corrected chi connectivity index (χ4v) is 6.13. The highest BCUT2D eigenvalue weighted by molar-refractivity contribution is 6.24. The summed E-state index contributed by atoms with van der Waals surface area (Å²) in [5.41, 5.74) is 3.47. The molecule has 1 amide bonds. The Kier molecular flexibility index (Phi) is 10.4. The van der Waals surface area contributed by atoms with E-state index in [4.69, 9.17) is 33.4 Å². The molecule has 0 fully saturated rings. The van der Waals surface area contributed by atoms with Crippen LogP contribution in [-0.2, 0) is 17.5 Å². The molecule has 0 radical (unpaired) electrons. The van der Waals surface area contributed by atoms with Crippen molar-refractivity contribution in [2.24, 2.45) is 0 Å². The van der Waals surface area contributed by atoms with Crippen molar-refractivity contribution in [1.29, 1.82) is 0 Å². The van der Waals surface area contributed by atoms with Gasteiger partial charge in [0.05, 0.1) is 71.7 Å². The van der Waals surface area contributed by atoms with E-state index in [2.05, 4.69) is 10.3 Å². The van der Waals surface area contributed by atoms with Gasteiger partial charge in [-0.3, -0.25) is 4.79 Å². The summed E-state index contributed by atoms with van der Waals surface area (Å²) in [5, 5.41) is 4.78. The zero-order valence-corrected chi connectivity index (χ0v) is 29.7. The number of carbonyl (C=O) groups is 1. The standard InChI is InChI=1S/C40H36F3N3O7/c1-48-31-16-23(17-32(49-2)37(31)52-5)28(15-22-11-13-25(14-12-22)40(41,42)43)39(47)44-21-26-20-29-27-9-7-8-10-30(27)46-36(29)35(45-26)24-18-33(50-3)38(53-6)34(19-24)51-4/h7-20,46H,21H2,1-6H3,(H,44,47)/b28-15+. The molecular formula is C40H36F3N3O7. The second kappa shape index (κ2) is 15.1. The number of alkyl halides is 3. The van der Waals surface area contributed by atoms with Gasteiger partial charge in [-0.05, 0) is 65.7 Å². The number of carbonyl (C=O) groups excluding carboxylic acids is 1. The Morgan fingerprint density at radius 1 is 0.736 bits per heavy atom. The minimum Gasteiger partial charge on any atom is -0.493 e. The van der Waals surface area contributed by atoms with Crippen LogP contribution in [0.5, 0.6) is 34.5 Å². The number of fused-ring (bicyclic) bond motifs is 3. The molecule has 13 heteroatoms. The number of pyridine rings is 1. The number of nitrogens with one attached hydrogen (secondary N) is 2. The molecular weight excluding hydrogens is 691 g/mol. The van der Waals surface area contributed by atoms with Crippen molar-refractivity contribution in [2.45, 2.75) is 12.7 Å². The summed E-state index contributed by atoms with van der Waals surface area (Å²) in [6.07, 6.45) is -3.02. The Labute approximate surface area is 303 Å². The average molecular weight is 728 g/mol. The number of nitrogens with zero attached hydrogens (tertiary/aromatic N) is 1. The third-order valence-corrected chi connectivity index (χ3v) is 8.69. The number of hydrogen-bond donors (Lipinski definition) is 2. The number of benzene rings is 4. The summed E-state index contributed by atoms with van der Waals surface area (Å²) in [4.78, 5) is 22.6. The molecule has 0 bridgehead atoms. The topological polar surface area (TPSA) is 113 Å². The first-order valence-corrected chi connectivity index (χ1v) is 16.2. The molecule has 53 heavy (non-hydrogen) atoms. The van der Waals surface area contributed by atoms with Crippen LogP contribution >= 0.6 is 0 Å². The maximum Gasteiger partial charge on any atom is 0.416 e. The number of para-hydroxylation sites is 1. The molecule has 0 unspecified atom stereocenters. The van der Waals surface area contributed by atoms with Crippen molar-refractivity contribution in [1.82, 2.24) is 15.3 Å². The fourth-order valence-electron chi connectivity index (χ4n) is 6.13. The van der Waals surface area contributed by atoms with E-state index in [1.54, 1.807) is 24.3 Å². The first-order valence-electron chi connectivity index (χ1n) is 16.2. The summed E-state index contributed by atoms with van der Waals surface area (Å²) in [6.45, 7) is -0.0134. The number of methoxy groups -OCH3 is 6. The van der Waals surface area contributed by atoms with Crippen LogP contribution in [0.4, 0.5) is 13.2 Å². The zero-order chi connectivity index (χ0) is 37.9. The molecule has 2 aromatic heterocycles. The van der Waals surface area contributed by atoms with E-state index >= 15 is 0 Å². The molecule has 0 saturated carbocycles. The number of hydrogen-bond acceptors (Lipinski definition) is 8. The van der Waals surface area contributed by atoms with Crippen molar-refractivity contribution in [3.63, 3.8) is 0 Å².